The number of carbonyl (C=O) groups is 1. The first-order chi connectivity index (χ1) is 14.5. The number of nitrogens with one attached hydrogen (secondary N) is 1. The van der Waals surface area contributed by atoms with Gasteiger partial charge < -0.3 is 5.32 Å². The molecular formula is C24H21N5O. The van der Waals surface area contributed by atoms with Gasteiger partial charge in [0.05, 0.1) is 18.1 Å². The van der Waals surface area contributed by atoms with Gasteiger partial charge in [0.2, 0.25) is 5.91 Å². The van der Waals surface area contributed by atoms with E-state index in [1.165, 1.54) is 16.4 Å². The summed E-state index contributed by atoms with van der Waals surface area (Å²) >= 11 is 0. The van der Waals surface area contributed by atoms with E-state index in [2.05, 4.69) is 35.5 Å². The van der Waals surface area contributed by atoms with Gasteiger partial charge in [-0.05, 0) is 49.6 Å². The Kier molecular flexibility index (Phi) is 5.03. The molecule has 4 rings (SSSR count). The maximum atomic E-state index is 12.6. The molecule has 1 N–H and O–H groups in total. The number of hydrogen-bond acceptors (Lipinski definition) is 4. The van der Waals surface area contributed by atoms with Gasteiger partial charge in [-0.2, -0.15) is 15.0 Å². The molecule has 0 spiro atoms. The highest BCUT2D eigenvalue weighted by Gasteiger charge is 2.17. The number of rotatable bonds is 4. The number of pyridine rings is 1. The number of hydrogen-bond donors (Lipinski definition) is 1. The van der Waals surface area contributed by atoms with Crippen LogP contribution in [0.2, 0.25) is 0 Å². The number of nitrogens with zero attached hydrogens (tertiary/aromatic N) is 4. The maximum Gasteiger partial charge on any atom is 0.229 e. The normalized spacial score (nSPS) is 10.7. The molecule has 2 aromatic heterocycles. The van der Waals surface area contributed by atoms with Gasteiger partial charge in [0.1, 0.15) is 11.6 Å². The number of anilines is 1. The number of nitriles is 1. The zero-order valence-corrected chi connectivity index (χ0v) is 17.1. The van der Waals surface area contributed by atoms with E-state index in [-0.39, 0.29) is 17.9 Å². The van der Waals surface area contributed by atoms with E-state index >= 15 is 0 Å². The van der Waals surface area contributed by atoms with E-state index in [0.29, 0.717) is 11.6 Å². The predicted molar refractivity (Wildman–Crippen MR) is 117 cm³/mol. The first-order valence-electron chi connectivity index (χ1n) is 9.67. The van der Waals surface area contributed by atoms with Crippen LogP contribution in [-0.2, 0) is 11.2 Å². The molecule has 4 aromatic rings. The van der Waals surface area contributed by atoms with Gasteiger partial charge in [0.15, 0.2) is 11.6 Å². The van der Waals surface area contributed by atoms with Gasteiger partial charge in [-0.1, -0.05) is 42.0 Å². The first-order valence-corrected chi connectivity index (χ1v) is 9.67. The number of fused-ring (bicyclic) bond motifs is 1. The average molecular weight is 395 g/mol. The second-order valence-corrected chi connectivity index (χ2v) is 7.42. The highest BCUT2D eigenvalue weighted by molar-refractivity contribution is 5.93. The molecule has 0 atom stereocenters. The zero-order valence-electron chi connectivity index (χ0n) is 17.1. The molecule has 2 heterocycles. The van der Waals surface area contributed by atoms with Crippen LogP contribution in [0.3, 0.4) is 0 Å². The number of benzene rings is 2. The quantitative estimate of drug-likeness (QED) is 0.555. The van der Waals surface area contributed by atoms with Crippen LogP contribution in [0.1, 0.15) is 27.8 Å². The minimum Gasteiger partial charge on any atom is -0.309 e. The third-order valence-electron chi connectivity index (χ3n) is 5.01. The van der Waals surface area contributed by atoms with Crippen molar-refractivity contribution in [2.45, 2.75) is 27.2 Å². The number of carbonyl (C=O) groups excluding carboxylic acids is 1. The summed E-state index contributed by atoms with van der Waals surface area (Å²) in [5.74, 6) is 0.668. The van der Waals surface area contributed by atoms with Crippen molar-refractivity contribution in [1.82, 2.24) is 14.8 Å². The molecule has 0 saturated heterocycles. The molecule has 0 saturated carbocycles. The Hall–Kier alpha value is -3.98. The molecule has 30 heavy (non-hydrogen) atoms. The summed E-state index contributed by atoms with van der Waals surface area (Å²) in [5.41, 5.74) is 5.36. The Balaban J connectivity index is 1.75. The topological polar surface area (TPSA) is 83.6 Å². The van der Waals surface area contributed by atoms with Crippen LogP contribution >= 0.6 is 0 Å². The van der Waals surface area contributed by atoms with Crippen molar-refractivity contribution in [2.24, 2.45) is 0 Å². The van der Waals surface area contributed by atoms with Crippen LogP contribution < -0.4 is 5.32 Å². The van der Waals surface area contributed by atoms with Gasteiger partial charge in [-0.15, -0.1) is 0 Å². The summed E-state index contributed by atoms with van der Waals surface area (Å²) in [7, 11) is 0. The van der Waals surface area contributed by atoms with Crippen LogP contribution in [0.5, 0.6) is 0 Å². The lowest BCUT2D eigenvalue weighted by Crippen LogP contribution is -2.18. The molecule has 0 aliphatic heterocycles. The van der Waals surface area contributed by atoms with E-state index in [1.807, 2.05) is 50.2 Å². The van der Waals surface area contributed by atoms with Crippen molar-refractivity contribution >= 4 is 22.6 Å². The van der Waals surface area contributed by atoms with E-state index in [9.17, 15) is 10.1 Å². The lowest BCUT2D eigenvalue weighted by molar-refractivity contribution is -0.115. The van der Waals surface area contributed by atoms with Gasteiger partial charge in [0.25, 0.3) is 0 Å². The highest BCUT2D eigenvalue weighted by atomic mass is 16.1. The van der Waals surface area contributed by atoms with Crippen LogP contribution in [0, 0.1) is 32.1 Å². The highest BCUT2D eigenvalue weighted by Crippen LogP contribution is 2.26. The minimum absolute atomic E-state index is 0.208. The average Bonchev–Trinajstić information content (AvgIpc) is 3.11. The summed E-state index contributed by atoms with van der Waals surface area (Å²) < 4.78 is 1.52. The Labute approximate surface area is 174 Å². The van der Waals surface area contributed by atoms with Gasteiger partial charge in [0, 0.05) is 5.39 Å². The van der Waals surface area contributed by atoms with Crippen molar-refractivity contribution in [3.05, 3.63) is 82.5 Å². The van der Waals surface area contributed by atoms with Crippen molar-refractivity contribution < 1.29 is 4.79 Å². The molecule has 0 unspecified atom stereocenters. The van der Waals surface area contributed by atoms with Crippen molar-refractivity contribution in [3.8, 4) is 11.9 Å². The molecule has 0 aliphatic carbocycles. The van der Waals surface area contributed by atoms with Crippen LogP contribution in [0.4, 0.5) is 5.82 Å². The first kappa shape index (κ1) is 19.3. The number of amides is 1. The summed E-state index contributed by atoms with van der Waals surface area (Å²) in [4.78, 5) is 17.4. The molecule has 1 amide bonds. The Bertz CT molecular complexity index is 1300. The molecule has 148 valence electrons. The lowest BCUT2D eigenvalue weighted by atomic mass is 10.0. The lowest BCUT2D eigenvalue weighted by Gasteiger charge is -2.13. The summed E-state index contributed by atoms with van der Waals surface area (Å²) in [6.07, 6.45) is 1.65. The molecule has 0 radical (unpaired) electrons. The van der Waals surface area contributed by atoms with Crippen LogP contribution in [0.15, 0.2) is 54.7 Å². The predicted octanol–water partition coefficient (Wildman–Crippen LogP) is 4.40. The molecular weight excluding hydrogens is 374 g/mol. The molecule has 6 nitrogen and oxygen atoms in total. The molecule has 0 bridgehead atoms. The monoisotopic (exact) mass is 395 g/mol. The summed E-state index contributed by atoms with van der Waals surface area (Å²) in [6.45, 7) is 6.11. The zero-order chi connectivity index (χ0) is 21.3. The molecule has 2 aromatic carbocycles. The largest absolute Gasteiger partial charge is 0.309 e. The maximum absolute atomic E-state index is 12.6. The summed E-state index contributed by atoms with van der Waals surface area (Å²) in [5, 5.41) is 17.8. The van der Waals surface area contributed by atoms with E-state index in [1.54, 1.807) is 0 Å². The van der Waals surface area contributed by atoms with Gasteiger partial charge in [-0.3, -0.25) is 4.79 Å². The smallest absolute Gasteiger partial charge is 0.229 e. The van der Waals surface area contributed by atoms with E-state index in [4.69, 9.17) is 4.98 Å². The molecule has 0 fully saturated rings. The SMILES string of the molecule is Cc1cc(C)c2nc(-n3ncc(C#N)c3NC(=O)Cc3ccccc3)cc(C)c2c1. The summed E-state index contributed by atoms with van der Waals surface area (Å²) in [6, 6.07) is 17.7. The molecule has 0 aliphatic rings. The van der Waals surface area contributed by atoms with Gasteiger partial charge >= 0.3 is 0 Å². The fourth-order valence-electron chi connectivity index (χ4n) is 3.62. The Morgan fingerprint density at radius 2 is 1.87 bits per heavy atom. The third kappa shape index (κ3) is 3.65. The number of aryl methyl sites for hydroxylation is 3. The van der Waals surface area contributed by atoms with E-state index < -0.39 is 0 Å². The second-order valence-electron chi connectivity index (χ2n) is 7.42. The third-order valence-corrected chi connectivity index (χ3v) is 5.01. The van der Waals surface area contributed by atoms with Crippen molar-refractivity contribution in [2.75, 3.05) is 5.32 Å². The minimum atomic E-state index is -0.219. The fourth-order valence-corrected chi connectivity index (χ4v) is 3.62. The number of aromatic nitrogens is 3. The van der Waals surface area contributed by atoms with Crippen molar-refractivity contribution in [1.29, 1.82) is 5.26 Å². The van der Waals surface area contributed by atoms with Gasteiger partial charge in [-0.25, -0.2) is 4.98 Å². The standard InChI is InChI=1S/C24H21N5O/c1-15-9-17(3)23-20(10-15)16(2)11-21(27-23)29-24(19(13-25)14-26-29)28-22(30)12-18-7-5-4-6-8-18/h4-11,14H,12H2,1-3H3,(H,28,30). The van der Waals surface area contributed by atoms with Crippen molar-refractivity contribution in [3.63, 3.8) is 0 Å². The van der Waals surface area contributed by atoms with Crippen LogP contribution in [0.25, 0.3) is 16.7 Å². The second kappa shape index (κ2) is 7.80. The van der Waals surface area contributed by atoms with E-state index in [0.717, 1.165) is 27.6 Å². The Morgan fingerprint density at radius 1 is 1.10 bits per heavy atom. The Morgan fingerprint density at radius 3 is 2.60 bits per heavy atom. The molecule has 6 heteroatoms. The fraction of sp³-hybridized carbons (Fsp3) is 0.167. The van der Waals surface area contributed by atoms with Crippen LogP contribution in [-0.4, -0.2) is 20.7 Å².